The predicted molar refractivity (Wildman–Crippen MR) is 117 cm³/mol. The molecule has 3 nitrogen and oxygen atoms in total. The lowest BCUT2D eigenvalue weighted by Gasteiger charge is -2.10. The van der Waals surface area contributed by atoms with Crippen LogP contribution in [0, 0.1) is 5.92 Å². The Bertz CT molecular complexity index is 817. The van der Waals surface area contributed by atoms with Crippen molar-refractivity contribution >= 4 is 5.91 Å². The van der Waals surface area contributed by atoms with Crippen LogP contribution in [0.15, 0.2) is 48.5 Å². The van der Waals surface area contributed by atoms with E-state index in [0.29, 0.717) is 24.4 Å². The molecule has 2 aromatic carbocycles. The molecular weight excluding hydrogens is 358 g/mol. The largest absolute Gasteiger partial charge is 0.490 e. The van der Waals surface area contributed by atoms with E-state index in [9.17, 15) is 4.79 Å². The van der Waals surface area contributed by atoms with Gasteiger partial charge in [-0.05, 0) is 67.6 Å². The zero-order valence-electron chi connectivity index (χ0n) is 17.5. The Morgan fingerprint density at radius 1 is 1.10 bits per heavy atom. The van der Waals surface area contributed by atoms with Gasteiger partial charge >= 0.3 is 0 Å². The first-order chi connectivity index (χ1) is 14.2. The number of unbranched alkanes of at least 4 members (excludes halogenated alkanes) is 1. The zero-order chi connectivity index (χ0) is 20.1. The maximum Gasteiger partial charge on any atom is 0.219 e. The minimum Gasteiger partial charge on any atom is -0.490 e. The average Bonchev–Trinajstić information content (AvgIpc) is 3.39. The number of hydrogen-bond donors (Lipinski definition) is 1. The van der Waals surface area contributed by atoms with Crippen LogP contribution in [-0.4, -0.2) is 18.6 Å². The van der Waals surface area contributed by atoms with Crippen molar-refractivity contribution in [2.24, 2.45) is 5.92 Å². The van der Waals surface area contributed by atoms with Crippen molar-refractivity contribution in [1.82, 2.24) is 5.32 Å². The van der Waals surface area contributed by atoms with Gasteiger partial charge in [-0.25, -0.2) is 0 Å². The number of aryl methyl sites for hydroxylation is 1. The minimum absolute atomic E-state index is 0.190. The van der Waals surface area contributed by atoms with E-state index in [1.165, 1.54) is 36.0 Å². The van der Waals surface area contributed by atoms with Gasteiger partial charge in [-0.2, -0.15) is 0 Å². The lowest BCUT2D eigenvalue weighted by molar-refractivity contribution is -0.121. The summed E-state index contributed by atoms with van der Waals surface area (Å²) in [7, 11) is 0. The monoisotopic (exact) mass is 391 g/mol. The molecule has 2 aromatic rings. The Labute approximate surface area is 174 Å². The maximum atomic E-state index is 11.7. The third kappa shape index (κ3) is 5.20. The number of carbonyl (C=O) groups excluding carboxylic acids is 1. The van der Waals surface area contributed by atoms with Crippen molar-refractivity contribution in [1.29, 1.82) is 0 Å². The van der Waals surface area contributed by atoms with Gasteiger partial charge in [0.05, 0.1) is 0 Å². The van der Waals surface area contributed by atoms with E-state index in [-0.39, 0.29) is 5.91 Å². The van der Waals surface area contributed by atoms with Crippen molar-refractivity contribution in [2.45, 2.75) is 70.3 Å². The predicted octanol–water partition coefficient (Wildman–Crippen LogP) is 5.42. The maximum absolute atomic E-state index is 11.7. The molecule has 0 spiro atoms. The summed E-state index contributed by atoms with van der Waals surface area (Å²) in [6.45, 7) is 2.86. The molecule has 3 atom stereocenters. The Morgan fingerprint density at radius 3 is 2.79 bits per heavy atom. The quantitative estimate of drug-likeness (QED) is 0.549. The Balaban J connectivity index is 1.24. The molecule has 1 amide bonds. The van der Waals surface area contributed by atoms with E-state index < -0.39 is 0 Å². The van der Waals surface area contributed by atoms with E-state index >= 15 is 0 Å². The van der Waals surface area contributed by atoms with Crippen LogP contribution in [-0.2, 0) is 17.6 Å². The molecule has 0 radical (unpaired) electrons. The summed E-state index contributed by atoms with van der Waals surface area (Å²) in [6.07, 6.45) is 8.80. The molecule has 1 heterocycles. The van der Waals surface area contributed by atoms with Crippen LogP contribution in [0.1, 0.15) is 68.1 Å². The minimum atomic E-state index is 0.190. The molecule has 3 unspecified atom stereocenters. The normalized spacial score (nSPS) is 22.0. The first-order valence-electron chi connectivity index (χ1n) is 11.3. The van der Waals surface area contributed by atoms with Gasteiger partial charge in [-0.1, -0.05) is 49.4 Å². The molecule has 0 saturated heterocycles. The highest BCUT2D eigenvalue weighted by Crippen LogP contribution is 2.50. The lowest BCUT2D eigenvalue weighted by atomic mass is 9.96. The molecule has 1 fully saturated rings. The van der Waals surface area contributed by atoms with Crippen LogP contribution in [0.5, 0.6) is 5.75 Å². The van der Waals surface area contributed by atoms with Gasteiger partial charge in [0.15, 0.2) is 0 Å². The topological polar surface area (TPSA) is 38.3 Å². The summed E-state index contributed by atoms with van der Waals surface area (Å²) in [6, 6.07) is 17.3. The molecule has 1 N–H and O–H groups in total. The summed E-state index contributed by atoms with van der Waals surface area (Å²) in [5.74, 6) is 2.46. The summed E-state index contributed by atoms with van der Waals surface area (Å²) in [5, 5.41) is 3.10. The fourth-order valence-electron chi connectivity index (χ4n) is 4.63. The summed E-state index contributed by atoms with van der Waals surface area (Å²) in [4.78, 5) is 11.7. The van der Waals surface area contributed by atoms with Crippen LogP contribution in [0.25, 0.3) is 0 Å². The molecule has 1 aliphatic carbocycles. The number of nitrogens with one attached hydrogen (secondary N) is 1. The molecule has 29 heavy (non-hydrogen) atoms. The summed E-state index contributed by atoms with van der Waals surface area (Å²) < 4.78 is 6.27. The zero-order valence-corrected chi connectivity index (χ0v) is 17.5. The van der Waals surface area contributed by atoms with Crippen LogP contribution >= 0.6 is 0 Å². The van der Waals surface area contributed by atoms with Crippen LogP contribution < -0.4 is 10.1 Å². The molecule has 2 aliphatic rings. The number of amides is 1. The molecular formula is C26H33NO2. The van der Waals surface area contributed by atoms with Gasteiger partial charge in [0.1, 0.15) is 11.9 Å². The van der Waals surface area contributed by atoms with Gasteiger partial charge in [-0.3, -0.25) is 4.79 Å². The standard InChI is InChI=1S/C26H33NO2/c1-2-9-26(28)27-18-20-16-23(20)22-14-8-15-25-24(22)17-21(29-25)13-7-6-12-19-10-4-3-5-11-19/h3-5,8,10-11,14-15,20-21,23H,2,6-7,9,12-13,16-18H2,1H3,(H,27,28). The Hall–Kier alpha value is -2.29. The second-order valence-corrected chi connectivity index (χ2v) is 8.66. The van der Waals surface area contributed by atoms with E-state index in [0.717, 1.165) is 38.0 Å². The van der Waals surface area contributed by atoms with Crippen molar-refractivity contribution in [2.75, 3.05) is 6.54 Å². The SMILES string of the molecule is CCCC(=O)NCC1CC1c1cccc2c1CC(CCCCc1ccccc1)O2. The number of ether oxygens (including phenoxy) is 1. The van der Waals surface area contributed by atoms with E-state index in [1.807, 2.05) is 6.92 Å². The van der Waals surface area contributed by atoms with Crippen molar-refractivity contribution in [3.05, 3.63) is 65.2 Å². The van der Waals surface area contributed by atoms with Gasteiger partial charge < -0.3 is 10.1 Å². The average molecular weight is 392 g/mol. The number of fused-ring (bicyclic) bond motifs is 1. The molecule has 3 heteroatoms. The van der Waals surface area contributed by atoms with E-state index in [2.05, 4.69) is 53.8 Å². The second-order valence-electron chi connectivity index (χ2n) is 8.66. The van der Waals surface area contributed by atoms with Crippen LogP contribution in [0.2, 0.25) is 0 Å². The van der Waals surface area contributed by atoms with Crippen LogP contribution in [0.3, 0.4) is 0 Å². The Kier molecular flexibility index (Phi) is 6.53. The number of rotatable bonds is 10. The number of benzene rings is 2. The molecule has 1 saturated carbocycles. The lowest BCUT2D eigenvalue weighted by Crippen LogP contribution is -2.25. The highest BCUT2D eigenvalue weighted by molar-refractivity contribution is 5.75. The van der Waals surface area contributed by atoms with Gasteiger partial charge in [0.25, 0.3) is 0 Å². The third-order valence-electron chi connectivity index (χ3n) is 6.34. The van der Waals surface area contributed by atoms with Crippen LogP contribution in [0.4, 0.5) is 0 Å². The molecule has 154 valence electrons. The fraction of sp³-hybridized carbons (Fsp3) is 0.500. The van der Waals surface area contributed by atoms with Crippen molar-refractivity contribution < 1.29 is 9.53 Å². The highest BCUT2D eigenvalue weighted by Gasteiger charge is 2.41. The summed E-state index contributed by atoms with van der Waals surface area (Å²) >= 11 is 0. The molecule has 4 rings (SSSR count). The van der Waals surface area contributed by atoms with Crippen molar-refractivity contribution in [3.63, 3.8) is 0 Å². The smallest absolute Gasteiger partial charge is 0.219 e. The summed E-state index contributed by atoms with van der Waals surface area (Å²) in [5.41, 5.74) is 4.31. The number of hydrogen-bond acceptors (Lipinski definition) is 2. The second kappa shape index (κ2) is 9.47. The van der Waals surface area contributed by atoms with Gasteiger partial charge in [-0.15, -0.1) is 0 Å². The van der Waals surface area contributed by atoms with E-state index in [1.54, 1.807) is 0 Å². The van der Waals surface area contributed by atoms with Gasteiger partial charge in [0, 0.05) is 24.9 Å². The molecule has 0 aromatic heterocycles. The van der Waals surface area contributed by atoms with E-state index in [4.69, 9.17) is 4.74 Å². The fourth-order valence-corrected chi connectivity index (χ4v) is 4.63. The molecule has 1 aliphatic heterocycles. The third-order valence-corrected chi connectivity index (χ3v) is 6.34. The van der Waals surface area contributed by atoms with Gasteiger partial charge in [0.2, 0.25) is 5.91 Å². The first-order valence-corrected chi connectivity index (χ1v) is 11.3. The highest BCUT2D eigenvalue weighted by atomic mass is 16.5. The van der Waals surface area contributed by atoms with Crippen molar-refractivity contribution in [3.8, 4) is 5.75 Å². The first kappa shape index (κ1) is 20.0. The Morgan fingerprint density at radius 2 is 1.97 bits per heavy atom. The molecule has 0 bridgehead atoms. The number of carbonyl (C=O) groups is 1.